The van der Waals surface area contributed by atoms with Gasteiger partial charge in [-0.15, -0.1) is 0 Å². The zero-order chi connectivity index (χ0) is 18.7. The summed E-state index contributed by atoms with van der Waals surface area (Å²) in [7, 11) is 5.94. The van der Waals surface area contributed by atoms with Gasteiger partial charge in [-0.3, -0.25) is 4.68 Å². The number of rotatable bonds is 6. The van der Waals surface area contributed by atoms with E-state index in [9.17, 15) is 0 Å². The second kappa shape index (κ2) is 8.03. The lowest BCUT2D eigenvalue weighted by atomic mass is 10.0. The molecule has 142 valence electrons. The molecule has 3 rings (SSSR count). The Labute approximate surface area is 156 Å². The number of anilines is 2. The van der Waals surface area contributed by atoms with Crippen LogP contribution in [0.1, 0.15) is 43.5 Å². The lowest BCUT2D eigenvalue weighted by Crippen LogP contribution is -2.44. The van der Waals surface area contributed by atoms with Crippen LogP contribution < -0.4 is 15.1 Å². The van der Waals surface area contributed by atoms with Gasteiger partial charge in [0.1, 0.15) is 5.82 Å². The van der Waals surface area contributed by atoms with Crippen LogP contribution in [0.5, 0.6) is 0 Å². The molecule has 0 spiro atoms. The molecule has 1 aliphatic rings. The molecule has 0 aliphatic carbocycles. The highest BCUT2D eigenvalue weighted by Gasteiger charge is 2.23. The summed E-state index contributed by atoms with van der Waals surface area (Å²) in [5, 5.41) is 8.14. The zero-order valence-electron chi connectivity index (χ0n) is 16.6. The van der Waals surface area contributed by atoms with Crippen LogP contribution in [0.4, 0.5) is 11.8 Å². The second-order valence-corrected chi connectivity index (χ2v) is 7.40. The molecule has 2 aromatic heterocycles. The maximum atomic E-state index is 4.72. The van der Waals surface area contributed by atoms with Crippen LogP contribution in [0, 0.1) is 6.92 Å². The van der Waals surface area contributed by atoms with Crippen molar-refractivity contribution in [1.29, 1.82) is 0 Å². The minimum absolute atomic E-state index is 0.377. The predicted molar refractivity (Wildman–Crippen MR) is 106 cm³/mol. The highest BCUT2D eigenvalue weighted by molar-refractivity contribution is 5.45. The Bertz CT molecular complexity index is 716. The zero-order valence-corrected chi connectivity index (χ0v) is 16.6. The molecule has 3 heterocycles. The van der Waals surface area contributed by atoms with Gasteiger partial charge in [-0.1, -0.05) is 6.92 Å². The van der Waals surface area contributed by atoms with E-state index in [-0.39, 0.29) is 0 Å². The molecular weight excluding hydrogens is 326 g/mol. The van der Waals surface area contributed by atoms with Crippen molar-refractivity contribution in [2.24, 2.45) is 7.05 Å². The van der Waals surface area contributed by atoms with Crippen molar-refractivity contribution in [2.45, 2.75) is 45.2 Å². The lowest BCUT2D eigenvalue weighted by Gasteiger charge is -2.35. The van der Waals surface area contributed by atoms with Crippen LogP contribution in [0.25, 0.3) is 0 Å². The SMILES string of the molecule is CCC(NC1CCN(c2cc(C)nc(N(C)C)n2)CC1)c1cnn(C)c1. The Morgan fingerprint density at radius 2 is 2.00 bits per heavy atom. The number of nitrogens with one attached hydrogen (secondary N) is 1. The van der Waals surface area contributed by atoms with E-state index in [0.717, 1.165) is 49.8 Å². The molecule has 7 heteroatoms. The van der Waals surface area contributed by atoms with Crippen molar-refractivity contribution in [3.63, 3.8) is 0 Å². The van der Waals surface area contributed by atoms with Crippen LogP contribution >= 0.6 is 0 Å². The summed E-state index contributed by atoms with van der Waals surface area (Å²) in [5.74, 6) is 1.82. The molecule has 1 N–H and O–H groups in total. The van der Waals surface area contributed by atoms with Crippen LogP contribution in [-0.4, -0.2) is 53.0 Å². The fourth-order valence-electron chi connectivity index (χ4n) is 3.53. The Morgan fingerprint density at radius 3 is 2.58 bits per heavy atom. The minimum atomic E-state index is 0.377. The molecule has 26 heavy (non-hydrogen) atoms. The number of aryl methyl sites for hydroxylation is 2. The molecule has 1 fully saturated rings. The first kappa shape index (κ1) is 18.6. The molecule has 1 aliphatic heterocycles. The van der Waals surface area contributed by atoms with Gasteiger partial charge in [-0.05, 0) is 26.2 Å². The standard InChI is InChI=1S/C19H31N7/c1-6-17(15-12-20-25(5)13-15)22-16-7-9-26(10-8-16)18-11-14(2)21-19(23-18)24(3)4/h11-13,16-17,22H,6-10H2,1-5H3. The summed E-state index contributed by atoms with van der Waals surface area (Å²) in [4.78, 5) is 13.6. The quantitative estimate of drug-likeness (QED) is 0.856. The number of hydrogen-bond donors (Lipinski definition) is 1. The first-order valence-corrected chi connectivity index (χ1v) is 9.48. The molecule has 0 radical (unpaired) electrons. The van der Waals surface area contributed by atoms with Crippen molar-refractivity contribution in [1.82, 2.24) is 25.1 Å². The van der Waals surface area contributed by atoms with Crippen LogP contribution in [0.2, 0.25) is 0 Å². The van der Waals surface area contributed by atoms with E-state index in [4.69, 9.17) is 4.98 Å². The minimum Gasteiger partial charge on any atom is -0.356 e. The smallest absolute Gasteiger partial charge is 0.226 e. The Morgan fingerprint density at radius 1 is 1.27 bits per heavy atom. The lowest BCUT2D eigenvalue weighted by molar-refractivity contribution is 0.363. The monoisotopic (exact) mass is 357 g/mol. The first-order chi connectivity index (χ1) is 12.5. The fourth-order valence-corrected chi connectivity index (χ4v) is 3.53. The van der Waals surface area contributed by atoms with Gasteiger partial charge < -0.3 is 15.1 Å². The van der Waals surface area contributed by atoms with Gasteiger partial charge in [0, 0.05) is 69.8 Å². The van der Waals surface area contributed by atoms with E-state index in [1.54, 1.807) is 0 Å². The maximum absolute atomic E-state index is 4.72. The van der Waals surface area contributed by atoms with Gasteiger partial charge in [-0.2, -0.15) is 10.1 Å². The average molecular weight is 358 g/mol. The molecule has 0 bridgehead atoms. The molecule has 0 saturated carbocycles. The van der Waals surface area contributed by atoms with Gasteiger partial charge in [0.05, 0.1) is 6.20 Å². The second-order valence-electron chi connectivity index (χ2n) is 7.40. The van der Waals surface area contributed by atoms with E-state index >= 15 is 0 Å². The van der Waals surface area contributed by atoms with Crippen LogP contribution in [0.3, 0.4) is 0 Å². The largest absolute Gasteiger partial charge is 0.356 e. The normalized spacial score (nSPS) is 16.7. The van der Waals surface area contributed by atoms with Gasteiger partial charge in [0.15, 0.2) is 0 Å². The van der Waals surface area contributed by atoms with Crippen LogP contribution in [0.15, 0.2) is 18.5 Å². The highest BCUT2D eigenvalue weighted by atomic mass is 15.3. The van der Waals surface area contributed by atoms with E-state index in [1.807, 2.05) is 43.8 Å². The summed E-state index contributed by atoms with van der Waals surface area (Å²) in [6, 6.07) is 3.00. The van der Waals surface area contributed by atoms with Crippen molar-refractivity contribution in [3.05, 3.63) is 29.7 Å². The summed E-state index contributed by atoms with van der Waals surface area (Å²) in [6.07, 6.45) is 7.41. The number of hydrogen-bond acceptors (Lipinski definition) is 6. The molecule has 1 saturated heterocycles. The number of nitrogens with zero attached hydrogens (tertiary/aromatic N) is 6. The van der Waals surface area contributed by atoms with Gasteiger partial charge >= 0.3 is 0 Å². The molecule has 7 nitrogen and oxygen atoms in total. The molecular formula is C19H31N7. The summed E-state index contributed by atoms with van der Waals surface area (Å²) in [6.45, 7) is 6.30. The Kier molecular flexibility index (Phi) is 5.76. The maximum Gasteiger partial charge on any atom is 0.226 e. The molecule has 1 atom stereocenters. The van der Waals surface area contributed by atoms with Gasteiger partial charge in [0.25, 0.3) is 0 Å². The summed E-state index contributed by atoms with van der Waals surface area (Å²) in [5.41, 5.74) is 2.29. The molecule has 0 aromatic carbocycles. The summed E-state index contributed by atoms with van der Waals surface area (Å²) < 4.78 is 1.88. The van der Waals surface area contributed by atoms with E-state index in [1.165, 1.54) is 5.56 Å². The topological polar surface area (TPSA) is 62.1 Å². The van der Waals surface area contributed by atoms with Gasteiger partial charge in [0.2, 0.25) is 5.95 Å². The molecule has 2 aromatic rings. The summed E-state index contributed by atoms with van der Waals surface area (Å²) >= 11 is 0. The first-order valence-electron chi connectivity index (χ1n) is 9.48. The predicted octanol–water partition coefficient (Wildman–Crippen LogP) is 2.29. The van der Waals surface area contributed by atoms with E-state index < -0.39 is 0 Å². The number of aromatic nitrogens is 4. The van der Waals surface area contributed by atoms with Crippen molar-refractivity contribution in [3.8, 4) is 0 Å². The van der Waals surface area contributed by atoms with E-state index in [0.29, 0.717) is 12.1 Å². The molecule has 0 amide bonds. The van der Waals surface area contributed by atoms with Gasteiger partial charge in [-0.25, -0.2) is 4.98 Å². The van der Waals surface area contributed by atoms with Crippen LogP contribution in [-0.2, 0) is 7.05 Å². The number of piperidine rings is 1. The third-order valence-corrected chi connectivity index (χ3v) is 5.02. The van der Waals surface area contributed by atoms with Crippen molar-refractivity contribution >= 4 is 11.8 Å². The Hall–Kier alpha value is -2.15. The third kappa shape index (κ3) is 4.33. The van der Waals surface area contributed by atoms with E-state index in [2.05, 4.69) is 39.5 Å². The van der Waals surface area contributed by atoms with Crippen molar-refractivity contribution < 1.29 is 0 Å². The third-order valence-electron chi connectivity index (χ3n) is 5.02. The molecule has 1 unspecified atom stereocenters. The Balaban J connectivity index is 1.60. The van der Waals surface area contributed by atoms with Crippen molar-refractivity contribution in [2.75, 3.05) is 37.0 Å². The fraction of sp³-hybridized carbons (Fsp3) is 0.632. The average Bonchev–Trinajstić information content (AvgIpc) is 3.06. The highest BCUT2D eigenvalue weighted by Crippen LogP contribution is 2.23.